The maximum atomic E-state index is 12.1. The number of nitrogens with zero attached hydrogens (tertiary/aromatic N) is 3. The summed E-state index contributed by atoms with van der Waals surface area (Å²) in [5.41, 5.74) is 2.81. The van der Waals surface area contributed by atoms with Gasteiger partial charge < -0.3 is 24.5 Å². The Morgan fingerprint density at radius 1 is 1.18 bits per heavy atom. The molecule has 2 aromatic heterocycles. The summed E-state index contributed by atoms with van der Waals surface area (Å²) in [7, 11) is 0. The molecule has 1 aromatic carbocycles. The van der Waals surface area contributed by atoms with E-state index in [1.165, 1.54) is 0 Å². The molecule has 186 valence electrons. The Hall–Kier alpha value is -2.55. The van der Waals surface area contributed by atoms with E-state index in [2.05, 4.69) is 34.8 Å². The van der Waals surface area contributed by atoms with Crippen LogP contribution in [0.25, 0.3) is 21.9 Å². The van der Waals surface area contributed by atoms with Gasteiger partial charge in [0.05, 0.1) is 29.9 Å². The molecule has 8 heteroatoms. The Labute approximate surface area is 201 Å². The first-order valence-corrected chi connectivity index (χ1v) is 12.4. The SMILES string of the molecule is CCOCc1nc2cnc3ccccc3c2n1CCCNC(=O)COCC(O)CCC(C)CC. The van der Waals surface area contributed by atoms with E-state index in [1.807, 2.05) is 25.1 Å². The van der Waals surface area contributed by atoms with E-state index in [1.54, 1.807) is 6.20 Å². The lowest BCUT2D eigenvalue weighted by Gasteiger charge is -2.14. The molecule has 0 fully saturated rings. The number of amides is 1. The average Bonchev–Trinajstić information content (AvgIpc) is 3.21. The second kappa shape index (κ2) is 13.4. The number of carbonyl (C=O) groups excluding carboxylic acids is 1. The number of fused-ring (bicyclic) bond motifs is 3. The van der Waals surface area contributed by atoms with Crippen LogP contribution in [0, 0.1) is 5.92 Å². The minimum Gasteiger partial charge on any atom is -0.391 e. The number of imidazole rings is 1. The van der Waals surface area contributed by atoms with Crippen molar-refractivity contribution in [3.05, 3.63) is 36.3 Å². The maximum Gasteiger partial charge on any atom is 0.246 e. The molecule has 2 heterocycles. The van der Waals surface area contributed by atoms with Crippen molar-refractivity contribution in [1.29, 1.82) is 0 Å². The van der Waals surface area contributed by atoms with Crippen molar-refractivity contribution in [3.63, 3.8) is 0 Å². The summed E-state index contributed by atoms with van der Waals surface area (Å²) in [6.07, 6.45) is 4.79. The summed E-state index contributed by atoms with van der Waals surface area (Å²) in [5, 5.41) is 14.0. The van der Waals surface area contributed by atoms with Crippen molar-refractivity contribution in [2.75, 3.05) is 26.4 Å². The van der Waals surface area contributed by atoms with Crippen LogP contribution in [-0.4, -0.2) is 58.0 Å². The van der Waals surface area contributed by atoms with Gasteiger partial charge in [-0.2, -0.15) is 0 Å². The zero-order chi connectivity index (χ0) is 24.3. The second-order valence-electron chi connectivity index (χ2n) is 8.79. The number of pyridine rings is 1. The van der Waals surface area contributed by atoms with Gasteiger partial charge in [0.2, 0.25) is 5.91 Å². The van der Waals surface area contributed by atoms with Gasteiger partial charge in [0.15, 0.2) is 0 Å². The zero-order valence-electron chi connectivity index (χ0n) is 20.6. The Balaban J connectivity index is 1.51. The van der Waals surface area contributed by atoms with Crippen molar-refractivity contribution < 1.29 is 19.4 Å². The lowest BCUT2D eigenvalue weighted by molar-refractivity contribution is -0.126. The minimum atomic E-state index is -0.524. The molecule has 3 rings (SSSR count). The Morgan fingerprint density at radius 3 is 2.79 bits per heavy atom. The van der Waals surface area contributed by atoms with Crippen molar-refractivity contribution in [2.24, 2.45) is 5.92 Å². The molecule has 3 aromatic rings. The molecular formula is C26H38N4O4. The molecular weight excluding hydrogens is 432 g/mol. The van der Waals surface area contributed by atoms with E-state index in [9.17, 15) is 9.90 Å². The number of hydrogen-bond acceptors (Lipinski definition) is 6. The number of aromatic nitrogens is 3. The standard InChI is InChI=1S/C26H38N4O4/c1-4-19(3)11-12-20(31)16-34-18-25(32)27-13-8-14-30-24(17-33-5-2)29-23-15-28-22-10-7-6-9-21(22)26(23)30/h6-7,9-10,15,19-20,31H,4-5,8,11-14,16-18H2,1-3H3,(H,27,32). The predicted octanol–water partition coefficient (Wildman–Crippen LogP) is 3.83. The molecule has 2 atom stereocenters. The summed E-state index contributed by atoms with van der Waals surface area (Å²) in [5.74, 6) is 1.28. The number of nitrogens with one attached hydrogen (secondary N) is 1. The molecule has 0 saturated heterocycles. The lowest BCUT2D eigenvalue weighted by Crippen LogP contribution is -2.30. The van der Waals surface area contributed by atoms with E-state index in [0.29, 0.717) is 38.6 Å². The minimum absolute atomic E-state index is 0.0414. The predicted molar refractivity (Wildman–Crippen MR) is 134 cm³/mol. The largest absolute Gasteiger partial charge is 0.391 e. The van der Waals surface area contributed by atoms with Gasteiger partial charge in [-0.15, -0.1) is 0 Å². The van der Waals surface area contributed by atoms with Gasteiger partial charge in [0.25, 0.3) is 0 Å². The first-order chi connectivity index (χ1) is 16.5. The van der Waals surface area contributed by atoms with E-state index >= 15 is 0 Å². The summed E-state index contributed by atoms with van der Waals surface area (Å²) in [6, 6.07) is 8.04. The molecule has 0 bridgehead atoms. The smallest absolute Gasteiger partial charge is 0.246 e. The number of rotatable bonds is 15. The normalized spacial score (nSPS) is 13.4. The molecule has 2 N–H and O–H groups in total. The molecule has 0 aliphatic rings. The van der Waals surface area contributed by atoms with Crippen LogP contribution in [-0.2, 0) is 27.4 Å². The third-order valence-electron chi connectivity index (χ3n) is 6.11. The van der Waals surface area contributed by atoms with Crippen LogP contribution in [0.4, 0.5) is 0 Å². The topological polar surface area (TPSA) is 98.5 Å². The number of ether oxygens (including phenoxy) is 2. The van der Waals surface area contributed by atoms with Crippen molar-refractivity contribution >= 4 is 27.8 Å². The van der Waals surface area contributed by atoms with Gasteiger partial charge in [-0.25, -0.2) is 4.98 Å². The molecule has 0 radical (unpaired) electrons. The van der Waals surface area contributed by atoms with Gasteiger partial charge >= 0.3 is 0 Å². The molecule has 1 amide bonds. The summed E-state index contributed by atoms with van der Waals surface area (Å²) < 4.78 is 13.2. The van der Waals surface area contributed by atoms with E-state index in [4.69, 9.17) is 14.5 Å². The Bertz CT molecular complexity index is 1050. The van der Waals surface area contributed by atoms with Crippen LogP contribution >= 0.6 is 0 Å². The van der Waals surface area contributed by atoms with Crippen LogP contribution in [0.15, 0.2) is 30.5 Å². The van der Waals surface area contributed by atoms with E-state index < -0.39 is 6.10 Å². The number of carbonyl (C=O) groups is 1. The number of aliphatic hydroxyl groups is 1. The van der Waals surface area contributed by atoms with E-state index in [-0.39, 0.29) is 19.1 Å². The molecule has 0 aliphatic carbocycles. The van der Waals surface area contributed by atoms with Crippen LogP contribution in [0.2, 0.25) is 0 Å². The van der Waals surface area contributed by atoms with Crippen molar-refractivity contribution in [2.45, 2.75) is 65.7 Å². The van der Waals surface area contributed by atoms with Crippen LogP contribution in [0.3, 0.4) is 0 Å². The van der Waals surface area contributed by atoms with Crippen LogP contribution in [0.1, 0.15) is 52.3 Å². The molecule has 34 heavy (non-hydrogen) atoms. The quantitative estimate of drug-likeness (QED) is 0.328. The number of benzene rings is 1. The highest BCUT2D eigenvalue weighted by Gasteiger charge is 2.14. The Kier molecular flexibility index (Phi) is 10.2. The third-order valence-corrected chi connectivity index (χ3v) is 6.11. The Morgan fingerprint density at radius 2 is 2.00 bits per heavy atom. The third kappa shape index (κ3) is 7.22. The van der Waals surface area contributed by atoms with Gasteiger partial charge in [0, 0.05) is 25.1 Å². The van der Waals surface area contributed by atoms with Gasteiger partial charge in [0.1, 0.15) is 24.6 Å². The highest BCUT2D eigenvalue weighted by molar-refractivity contribution is 6.02. The van der Waals surface area contributed by atoms with Crippen LogP contribution < -0.4 is 5.32 Å². The highest BCUT2D eigenvalue weighted by atomic mass is 16.5. The summed E-state index contributed by atoms with van der Waals surface area (Å²) in [6.45, 7) is 8.69. The molecule has 8 nitrogen and oxygen atoms in total. The van der Waals surface area contributed by atoms with Gasteiger partial charge in [-0.3, -0.25) is 9.78 Å². The first-order valence-electron chi connectivity index (χ1n) is 12.4. The summed E-state index contributed by atoms with van der Waals surface area (Å²) >= 11 is 0. The maximum absolute atomic E-state index is 12.1. The summed E-state index contributed by atoms with van der Waals surface area (Å²) in [4.78, 5) is 21.4. The van der Waals surface area contributed by atoms with Gasteiger partial charge in [-0.1, -0.05) is 38.5 Å². The highest BCUT2D eigenvalue weighted by Crippen LogP contribution is 2.25. The zero-order valence-corrected chi connectivity index (χ0v) is 20.6. The van der Waals surface area contributed by atoms with Crippen molar-refractivity contribution in [3.8, 4) is 0 Å². The fourth-order valence-electron chi connectivity index (χ4n) is 3.92. The first kappa shape index (κ1) is 26.1. The lowest BCUT2D eigenvalue weighted by atomic mass is 10.0. The molecule has 0 saturated carbocycles. The second-order valence-corrected chi connectivity index (χ2v) is 8.79. The number of hydrogen-bond donors (Lipinski definition) is 2. The fourth-order valence-corrected chi connectivity index (χ4v) is 3.92. The van der Waals surface area contributed by atoms with Gasteiger partial charge in [-0.05, 0) is 38.2 Å². The molecule has 2 unspecified atom stereocenters. The molecule has 0 aliphatic heterocycles. The fraction of sp³-hybridized carbons (Fsp3) is 0.577. The van der Waals surface area contributed by atoms with Crippen molar-refractivity contribution in [1.82, 2.24) is 19.9 Å². The molecule has 0 spiro atoms. The van der Waals surface area contributed by atoms with Crippen LogP contribution in [0.5, 0.6) is 0 Å². The number of aliphatic hydroxyl groups excluding tert-OH is 1. The average molecular weight is 471 g/mol. The monoisotopic (exact) mass is 470 g/mol. The number of aryl methyl sites for hydroxylation is 1. The number of para-hydroxylation sites is 1. The van der Waals surface area contributed by atoms with E-state index in [0.717, 1.165) is 47.0 Å².